The summed E-state index contributed by atoms with van der Waals surface area (Å²) in [4.78, 5) is 16.0. The lowest BCUT2D eigenvalue weighted by atomic mass is 10.1. The van der Waals surface area contributed by atoms with Crippen molar-refractivity contribution in [1.29, 1.82) is 0 Å². The third-order valence-electron chi connectivity index (χ3n) is 2.26. The second-order valence-corrected chi connectivity index (χ2v) is 4.76. The van der Waals surface area contributed by atoms with Crippen molar-refractivity contribution >= 4 is 23.5 Å². The molecule has 0 fully saturated rings. The number of rotatable bonds is 6. The Hall–Kier alpha value is -1.23. The lowest BCUT2D eigenvalue weighted by Crippen LogP contribution is -2.26. The first-order valence-corrected chi connectivity index (χ1v) is 7.10. The molecule has 1 heterocycles. The molecule has 1 aromatic heterocycles. The van der Waals surface area contributed by atoms with Crippen molar-refractivity contribution in [2.45, 2.75) is 19.8 Å². The number of hydrogen-bond donors (Lipinski definition) is 2. The summed E-state index contributed by atoms with van der Waals surface area (Å²) in [5.41, 5.74) is 7.16. The predicted octanol–water partition coefficient (Wildman–Crippen LogP) is 1.71. The molecular weight excluding hydrogens is 234 g/mol. The van der Waals surface area contributed by atoms with Crippen molar-refractivity contribution in [2.24, 2.45) is 0 Å². The van der Waals surface area contributed by atoms with Gasteiger partial charge in [-0.3, -0.25) is 4.79 Å². The molecule has 0 aliphatic heterocycles. The van der Waals surface area contributed by atoms with Gasteiger partial charge in [-0.1, -0.05) is 13.3 Å². The molecule has 5 heteroatoms. The van der Waals surface area contributed by atoms with Crippen LogP contribution in [0, 0.1) is 0 Å². The normalized spacial score (nSPS) is 10.2. The average molecular weight is 253 g/mol. The summed E-state index contributed by atoms with van der Waals surface area (Å²) in [6.07, 6.45) is 3.84. The third-order valence-corrected chi connectivity index (χ3v) is 2.87. The van der Waals surface area contributed by atoms with E-state index in [0.717, 1.165) is 24.3 Å². The van der Waals surface area contributed by atoms with Crippen LogP contribution in [-0.4, -0.2) is 29.4 Å². The van der Waals surface area contributed by atoms with Crippen LogP contribution in [0.4, 0.5) is 5.82 Å². The number of carbonyl (C=O) groups is 1. The molecule has 1 rings (SSSR count). The first kappa shape index (κ1) is 13.8. The molecule has 0 unspecified atom stereocenters. The minimum absolute atomic E-state index is 0.0782. The highest BCUT2D eigenvalue weighted by atomic mass is 32.2. The summed E-state index contributed by atoms with van der Waals surface area (Å²) in [6.45, 7) is 2.74. The molecule has 94 valence electrons. The van der Waals surface area contributed by atoms with Crippen LogP contribution in [0.3, 0.4) is 0 Å². The number of nitrogens with zero attached hydrogens (tertiary/aromatic N) is 1. The maximum Gasteiger partial charge on any atom is 0.251 e. The van der Waals surface area contributed by atoms with Crippen LogP contribution in [-0.2, 0) is 6.42 Å². The van der Waals surface area contributed by atoms with E-state index in [0.29, 0.717) is 17.9 Å². The fourth-order valence-corrected chi connectivity index (χ4v) is 1.80. The van der Waals surface area contributed by atoms with Gasteiger partial charge >= 0.3 is 0 Å². The molecule has 4 nitrogen and oxygen atoms in total. The smallest absolute Gasteiger partial charge is 0.251 e. The standard InChI is InChI=1S/C12H19N3OS/c1-3-4-10-7-9(8-11(13)15-10)12(16)14-5-6-17-2/h7-8H,3-6H2,1-2H3,(H2,13,15)(H,14,16). The van der Waals surface area contributed by atoms with Crippen molar-refractivity contribution in [1.82, 2.24) is 10.3 Å². The van der Waals surface area contributed by atoms with E-state index in [1.165, 1.54) is 0 Å². The number of anilines is 1. The van der Waals surface area contributed by atoms with Gasteiger partial charge in [0.25, 0.3) is 5.91 Å². The highest BCUT2D eigenvalue weighted by molar-refractivity contribution is 7.98. The molecule has 17 heavy (non-hydrogen) atoms. The minimum Gasteiger partial charge on any atom is -0.384 e. The van der Waals surface area contributed by atoms with E-state index in [1.54, 1.807) is 17.8 Å². The maximum atomic E-state index is 11.8. The SMILES string of the molecule is CCCc1cc(C(=O)NCCSC)cc(N)n1. The Morgan fingerprint density at radius 1 is 1.53 bits per heavy atom. The first-order valence-electron chi connectivity index (χ1n) is 5.71. The Balaban J connectivity index is 2.71. The zero-order valence-electron chi connectivity index (χ0n) is 10.3. The summed E-state index contributed by atoms with van der Waals surface area (Å²) >= 11 is 1.70. The molecular formula is C12H19N3OS. The van der Waals surface area contributed by atoms with Gasteiger partial charge in [-0.05, 0) is 24.8 Å². The second-order valence-electron chi connectivity index (χ2n) is 3.77. The number of nitrogens with two attached hydrogens (primary N) is 1. The number of carbonyl (C=O) groups excluding carboxylic acids is 1. The van der Waals surface area contributed by atoms with Crippen LogP contribution in [0.25, 0.3) is 0 Å². The summed E-state index contributed by atoms with van der Waals surface area (Å²) in [5, 5.41) is 2.85. The fourth-order valence-electron chi connectivity index (χ4n) is 1.49. The van der Waals surface area contributed by atoms with E-state index in [4.69, 9.17) is 5.73 Å². The van der Waals surface area contributed by atoms with Crippen molar-refractivity contribution in [3.63, 3.8) is 0 Å². The van der Waals surface area contributed by atoms with Gasteiger partial charge < -0.3 is 11.1 Å². The van der Waals surface area contributed by atoms with Crippen LogP contribution in [0.1, 0.15) is 29.4 Å². The van der Waals surface area contributed by atoms with Crippen LogP contribution < -0.4 is 11.1 Å². The van der Waals surface area contributed by atoms with E-state index >= 15 is 0 Å². The maximum absolute atomic E-state index is 11.8. The van der Waals surface area contributed by atoms with Crippen LogP contribution >= 0.6 is 11.8 Å². The van der Waals surface area contributed by atoms with Crippen molar-refractivity contribution in [2.75, 3.05) is 24.3 Å². The van der Waals surface area contributed by atoms with Gasteiger partial charge in [0.2, 0.25) is 0 Å². The summed E-state index contributed by atoms with van der Waals surface area (Å²) in [7, 11) is 0. The summed E-state index contributed by atoms with van der Waals surface area (Å²) in [5.74, 6) is 1.24. The Morgan fingerprint density at radius 3 is 2.94 bits per heavy atom. The molecule has 0 spiro atoms. The van der Waals surface area contributed by atoms with Gasteiger partial charge in [-0.25, -0.2) is 4.98 Å². The highest BCUT2D eigenvalue weighted by Gasteiger charge is 2.07. The fraction of sp³-hybridized carbons (Fsp3) is 0.500. The van der Waals surface area contributed by atoms with Gasteiger partial charge in [0.15, 0.2) is 0 Å². The van der Waals surface area contributed by atoms with Gasteiger partial charge in [0, 0.05) is 23.6 Å². The molecule has 0 aliphatic carbocycles. The average Bonchev–Trinajstić information content (AvgIpc) is 2.29. The zero-order chi connectivity index (χ0) is 12.7. The zero-order valence-corrected chi connectivity index (χ0v) is 11.1. The topological polar surface area (TPSA) is 68.0 Å². The number of amides is 1. The summed E-state index contributed by atoms with van der Waals surface area (Å²) in [6, 6.07) is 3.43. The lowest BCUT2D eigenvalue weighted by Gasteiger charge is -2.07. The Morgan fingerprint density at radius 2 is 2.29 bits per heavy atom. The number of nitrogens with one attached hydrogen (secondary N) is 1. The Labute approximate surface area is 106 Å². The third kappa shape index (κ3) is 4.65. The molecule has 0 aromatic carbocycles. The molecule has 0 radical (unpaired) electrons. The number of pyridine rings is 1. The van der Waals surface area contributed by atoms with Gasteiger partial charge in [0.1, 0.15) is 5.82 Å². The quantitative estimate of drug-likeness (QED) is 0.757. The lowest BCUT2D eigenvalue weighted by molar-refractivity contribution is 0.0956. The van der Waals surface area contributed by atoms with E-state index in [1.807, 2.05) is 12.3 Å². The Kier molecular flexibility index (Phi) is 5.83. The van der Waals surface area contributed by atoms with Crippen molar-refractivity contribution in [3.05, 3.63) is 23.4 Å². The number of thioether (sulfide) groups is 1. The van der Waals surface area contributed by atoms with Crippen LogP contribution in [0.2, 0.25) is 0 Å². The Bertz CT molecular complexity index is 382. The monoisotopic (exact) mass is 253 g/mol. The molecule has 1 aromatic rings. The van der Waals surface area contributed by atoms with E-state index in [-0.39, 0.29) is 5.91 Å². The molecule has 0 aliphatic rings. The molecule has 3 N–H and O–H groups in total. The van der Waals surface area contributed by atoms with Gasteiger partial charge in [0.05, 0.1) is 0 Å². The molecule has 0 bridgehead atoms. The van der Waals surface area contributed by atoms with Gasteiger partial charge in [-0.15, -0.1) is 0 Å². The molecule has 0 atom stereocenters. The molecule has 0 saturated heterocycles. The number of aryl methyl sites for hydroxylation is 1. The molecule has 1 amide bonds. The number of nitrogen functional groups attached to an aromatic ring is 1. The summed E-state index contributed by atoms with van der Waals surface area (Å²) < 4.78 is 0. The van der Waals surface area contributed by atoms with E-state index < -0.39 is 0 Å². The van der Waals surface area contributed by atoms with Gasteiger partial charge in [-0.2, -0.15) is 11.8 Å². The van der Waals surface area contributed by atoms with Crippen molar-refractivity contribution < 1.29 is 4.79 Å². The van der Waals surface area contributed by atoms with Crippen LogP contribution in [0.15, 0.2) is 12.1 Å². The predicted molar refractivity (Wildman–Crippen MR) is 73.4 cm³/mol. The second kappa shape index (κ2) is 7.17. The largest absolute Gasteiger partial charge is 0.384 e. The number of hydrogen-bond acceptors (Lipinski definition) is 4. The van der Waals surface area contributed by atoms with E-state index in [2.05, 4.69) is 17.2 Å². The van der Waals surface area contributed by atoms with E-state index in [9.17, 15) is 4.79 Å². The highest BCUT2D eigenvalue weighted by Crippen LogP contribution is 2.09. The van der Waals surface area contributed by atoms with Crippen molar-refractivity contribution in [3.8, 4) is 0 Å². The van der Waals surface area contributed by atoms with Crippen LogP contribution in [0.5, 0.6) is 0 Å². The first-order chi connectivity index (χ1) is 8.17. The molecule has 0 saturated carbocycles. The number of aromatic nitrogens is 1. The minimum atomic E-state index is -0.0782.